The van der Waals surface area contributed by atoms with Crippen molar-refractivity contribution >= 4 is 0 Å². The summed E-state index contributed by atoms with van der Waals surface area (Å²) in [6.07, 6.45) is 5.91. The van der Waals surface area contributed by atoms with E-state index in [1.165, 1.54) is 18.9 Å². The molecule has 3 atom stereocenters. The van der Waals surface area contributed by atoms with E-state index in [0.29, 0.717) is 6.42 Å². The molecule has 1 aliphatic rings. The number of hydrogen-bond donors (Lipinski definition) is 1. The Morgan fingerprint density at radius 3 is 2.78 bits per heavy atom. The highest BCUT2D eigenvalue weighted by molar-refractivity contribution is 5.18. The van der Waals surface area contributed by atoms with Crippen molar-refractivity contribution in [3.05, 3.63) is 35.6 Å². The maximum atomic E-state index is 13.6. The summed E-state index contributed by atoms with van der Waals surface area (Å²) in [6.45, 7) is 2.21. The molecule has 1 N–H and O–H groups in total. The Morgan fingerprint density at radius 2 is 2.06 bits per heavy atom. The second-order valence-corrected chi connectivity index (χ2v) is 5.59. The Morgan fingerprint density at radius 1 is 1.28 bits per heavy atom. The molecule has 1 aromatic carbocycles. The van der Waals surface area contributed by atoms with Crippen LogP contribution in [-0.2, 0) is 6.42 Å². The molecule has 3 unspecified atom stereocenters. The van der Waals surface area contributed by atoms with Crippen molar-refractivity contribution in [3.63, 3.8) is 0 Å². The molecule has 2 rings (SSSR count). The Balaban J connectivity index is 2.00. The molecule has 0 aromatic heterocycles. The average Bonchev–Trinajstić information content (AvgIpc) is 2.36. The first kappa shape index (κ1) is 13.5. The maximum Gasteiger partial charge on any atom is 0.126 e. The molecule has 2 heteroatoms. The number of rotatable bonds is 4. The van der Waals surface area contributed by atoms with E-state index in [1.807, 2.05) is 12.1 Å². The van der Waals surface area contributed by atoms with Crippen LogP contribution in [-0.4, -0.2) is 11.2 Å². The minimum Gasteiger partial charge on any atom is -0.393 e. The molecule has 1 aromatic rings. The van der Waals surface area contributed by atoms with Gasteiger partial charge in [-0.15, -0.1) is 0 Å². The molecular weight excluding hydrogens is 227 g/mol. The topological polar surface area (TPSA) is 20.2 Å². The first-order valence-electron chi connectivity index (χ1n) is 7.12. The molecule has 0 spiro atoms. The monoisotopic (exact) mass is 250 g/mol. The summed E-state index contributed by atoms with van der Waals surface area (Å²) in [6, 6.07) is 6.94. The van der Waals surface area contributed by atoms with Gasteiger partial charge in [-0.05, 0) is 49.1 Å². The predicted molar refractivity (Wildman–Crippen MR) is 71.8 cm³/mol. The van der Waals surface area contributed by atoms with Gasteiger partial charge < -0.3 is 5.11 Å². The fourth-order valence-corrected chi connectivity index (χ4v) is 3.18. The molecule has 100 valence electrons. The van der Waals surface area contributed by atoms with Crippen LogP contribution in [0.25, 0.3) is 0 Å². The van der Waals surface area contributed by atoms with Crippen LogP contribution >= 0.6 is 0 Å². The summed E-state index contributed by atoms with van der Waals surface area (Å²) in [4.78, 5) is 0. The van der Waals surface area contributed by atoms with Crippen LogP contribution in [0.2, 0.25) is 0 Å². The van der Waals surface area contributed by atoms with Crippen LogP contribution in [0.1, 0.15) is 44.6 Å². The van der Waals surface area contributed by atoms with Crippen LogP contribution in [0.4, 0.5) is 4.39 Å². The van der Waals surface area contributed by atoms with Crippen molar-refractivity contribution in [3.8, 4) is 0 Å². The lowest BCUT2D eigenvalue weighted by molar-refractivity contribution is 0.0459. The van der Waals surface area contributed by atoms with E-state index in [4.69, 9.17) is 0 Å². The number of aliphatic hydroxyl groups is 1. The van der Waals surface area contributed by atoms with E-state index in [1.54, 1.807) is 6.07 Å². The van der Waals surface area contributed by atoms with E-state index in [2.05, 4.69) is 6.92 Å². The summed E-state index contributed by atoms with van der Waals surface area (Å²) in [5.41, 5.74) is 0.749. The molecule has 0 heterocycles. The molecule has 1 nitrogen and oxygen atoms in total. The standard InChI is InChI=1S/C16H23FO/c1-2-5-12-8-9-16(18)14(10-12)11-13-6-3-4-7-15(13)17/h3-4,6-7,12,14,16,18H,2,5,8-11H2,1H3. The zero-order valence-corrected chi connectivity index (χ0v) is 11.1. The zero-order chi connectivity index (χ0) is 13.0. The largest absolute Gasteiger partial charge is 0.393 e. The Hall–Kier alpha value is -0.890. The smallest absolute Gasteiger partial charge is 0.126 e. The SMILES string of the molecule is CCCC1CCC(O)C(Cc2ccccc2F)C1. The molecule has 1 fully saturated rings. The molecule has 0 amide bonds. The van der Waals surface area contributed by atoms with Crippen LogP contribution in [0.5, 0.6) is 0 Å². The second kappa shape index (κ2) is 6.33. The lowest BCUT2D eigenvalue weighted by atomic mass is 9.75. The van der Waals surface area contributed by atoms with E-state index in [9.17, 15) is 9.50 Å². The van der Waals surface area contributed by atoms with Gasteiger partial charge in [0, 0.05) is 0 Å². The highest BCUT2D eigenvalue weighted by Crippen LogP contribution is 2.34. The molecule has 0 saturated heterocycles. The van der Waals surface area contributed by atoms with Crippen molar-refractivity contribution in [2.75, 3.05) is 0 Å². The third-order valence-corrected chi connectivity index (χ3v) is 4.19. The van der Waals surface area contributed by atoms with Gasteiger partial charge in [-0.3, -0.25) is 0 Å². The molecule has 1 aliphatic carbocycles. The predicted octanol–water partition coefficient (Wildman–Crippen LogP) is 3.95. The number of aliphatic hydroxyl groups excluding tert-OH is 1. The summed E-state index contributed by atoms with van der Waals surface area (Å²) in [5.74, 6) is 0.810. The van der Waals surface area contributed by atoms with Crippen molar-refractivity contribution in [1.82, 2.24) is 0 Å². The third-order valence-electron chi connectivity index (χ3n) is 4.19. The molecule has 0 aliphatic heterocycles. The van der Waals surface area contributed by atoms with E-state index < -0.39 is 0 Å². The molecule has 1 saturated carbocycles. The van der Waals surface area contributed by atoms with E-state index >= 15 is 0 Å². The average molecular weight is 250 g/mol. The van der Waals surface area contributed by atoms with Gasteiger partial charge in [-0.1, -0.05) is 38.0 Å². The van der Waals surface area contributed by atoms with Crippen molar-refractivity contribution in [1.29, 1.82) is 0 Å². The van der Waals surface area contributed by atoms with Crippen molar-refractivity contribution in [2.45, 2.75) is 51.6 Å². The maximum absolute atomic E-state index is 13.6. The first-order chi connectivity index (χ1) is 8.70. The summed E-state index contributed by atoms with van der Waals surface area (Å²) in [7, 11) is 0. The lowest BCUT2D eigenvalue weighted by Gasteiger charge is -2.33. The third kappa shape index (κ3) is 3.32. The van der Waals surface area contributed by atoms with Crippen LogP contribution < -0.4 is 0 Å². The van der Waals surface area contributed by atoms with Crippen molar-refractivity contribution in [2.24, 2.45) is 11.8 Å². The van der Waals surface area contributed by atoms with Gasteiger partial charge in [0.15, 0.2) is 0 Å². The van der Waals surface area contributed by atoms with Gasteiger partial charge in [0.1, 0.15) is 5.82 Å². The normalized spacial score (nSPS) is 28.3. The van der Waals surface area contributed by atoms with Crippen LogP contribution in [0.3, 0.4) is 0 Å². The van der Waals surface area contributed by atoms with Crippen LogP contribution in [0, 0.1) is 17.7 Å². The summed E-state index contributed by atoms with van der Waals surface area (Å²) < 4.78 is 13.6. The van der Waals surface area contributed by atoms with Gasteiger partial charge >= 0.3 is 0 Å². The quantitative estimate of drug-likeness (QED) is 0.858. The lowest BCUT2D eigenvalue weighted by Crippen LogP contribution is -2.30. The van der Waals surface area contributed by atoms with Gasteiger partial charge in [0.05, 0.1) is 6.10 Å². The van der Waals surface area contributed by atoms with Gasteiger partial charge in [0.2, 0.25) is 0 Å². The van der Waals surface area contributed by atoms with E-state index in [-0.39, 0.29) is 17.8 Å². The van der Waals surface area contributed by atoms with Crippen molar-refractivity contribution < 1.29 is 9.50 Å². The fraction of sp³-hybridized carbons (Fsp3) is 0.625. The Bertz CT molecular complexity index is 377. The minimum atomic E-state index is -0.252. The molecule has 0 radical (unpaired) electrons. The van der Waals surface area contributed by atoms with Gasteiger partial charge in [-0.25, -0.2) is 4.39 Å². The first-order valence-corrected chi connectivity index (χ1v) is 7.12. The summed E-state index contributed by atoms with van der Waals surface area (Å²) >= 11 is 0. The van der Waals surface area contributed by atoms with Crippen LogP contribution in [0.15, 0.2) is 24.3 Å². The Kier molecular flexibility index (Phi) is 4.76. The molecule has 0 bridgehead atoms. The number of hydrogen-bond acceptors (Lipinski definition) is 1. The Labute approximate surface area is 109 Å². The van der Waals surface area contributed by atoms with Gasteiger partial charge in [-0.2, -0.15) is 0 Å². The summed E-state index contributed by atoms with van der Waals surface area (Å²) in [5, 5.41) is 10.1. The van der Waals surface area contributed by atoms with E-state index in [0.717, 1.165) is 30.7 Å². The second-order valence-electron chi connectivity index (χ2n) is 5.59. The number of halogens is 1. The fourth-order valence-electron chi connectivity index (χ4n) is 3.18. The minimum absolute atomic E-state index is 0.137. The van der Waals surface area contributed by atoms with Gasteiger partial charge in [0.25, 0.3) is 0 Å². The highest BCUT2D eigenvalue weighted by atomic mass is 19.1. The zero-order valence-electron chi connectivity index (χ0n) is 11.1. The molecular formula is C16H23FO. The highest BCUT2D eigenvalue weighted by Gasteiger charge is 2.29. The molecule has 18 heavy (non-hydrogen) atoms. The number of benzene rings is 1.